The minimum absolute atomic E-state index is 0.383. The number of carbonyl (C=O) groups is 1. The number of aromatic nitrogens is 3. The third kappa shape index (κ3) is 2.79. The molecule has 0 bridgehead atoms. The fourth-order valence-corrected chi connectivity index (χ4v) is 1.53. The summed E-state index contributed by atoms with van der Waals surface area (Å²) in [4.78, 5) is 23.2. The third-order valence-electron chi connectivity index (χ3n) is 2.19. The van der Waals surface area contributed by atoms with Crippen molar-refractivity contribution in [2.24, 2.45) is 5.73 Å². The van der Waals surface area contributed by atoms with E-state index < -0.39 is 6.09 Å². The molecule has 2 N–H and O–H groups in total. The monoisotopic (exact) mass is 244 g/mol. The van der Waals surface area contributed by atoms with Gasteiger partial charge in [0.1, 0.15) is 17.4 Å². The fourth-order valence-electron chi connectivity index (χ4n) is 1.53. The van der Waals surface area contributed by atoms with Crippen molar-refractivity contribution in [1.82, 2.24) is 15.0 Å². The molecule has 2 rings (SSSR count). The van der Waals surface area contributed by atoms with Crippen molar-refractivity contribution in [1.29, 1.82) is 0 Å². The van der Waals surface area contributed by atoms with Crippen LogP contribution in [0.5, 0.6) is 5.75 Å². The van der Waals surface area contributed by atoms with Gasteiger partial charge in [-0.3, -0.25) is 0 Å². The van der Waals surface area contributed by atoms with Crippen molar-refractivity contribution >= 4 is 6.09 Å². The van der Waals surface area contributed by atoms with Crippen molar-refractivity contribution in [3.05, 3.63) is 35.9 Å². The number of benzene rings is 1. The molecule has 0 radical (unpaired) electrons. The lowest BCUT2D eigenvalue weighted by Gasteiger charge is -2.04. The van der Waals surface area contributed by atoms with Crippen molar-refractivity contribution < 1.29 is 9.53 Å². The van der Waals surface area contributed by atoms with Gasteiger partial charge in [-0.1, -0.05) is 0 Å². The summed E-state index contributed by atoms with van der Waals surface area (Å²) in [5, 5.41) is 0. The van der Waals surface area contributed by atoms with E-state index in [9.17, 15) is 4.79 Å². The average molecular weight is 244 g/mol. The van der Waals surface area contributed by atoms with Gasteiger partial charge >= 0.3 is 6.09 Å². The first kappa shape index (κ1) is 12.0. The van der Waals surface area contributed by atoms with Gasteiger partial charge in [0.25, 0.3) is 0 Å². The molecule has 6 nitrogen and oxygen atoms in total. The Morgan fingerprint density at radius 2 is 1.61 bits per heavy atom. The van der Waals surface area contributed by atoms with E-state index >= 15 is 0 Å². The Kier molecular flexibility index (Phi) is 3.18. The summed E-state index contributed by atoms with van der Waals surface area (Å²) in [6, 6.07) is 6.78. The first-order chi connectivity index (χ1) is 8.54. The molecule has 6 heteroatoms. The van der Waals surface area contributed by atoms with Crippen LogP contribution in [0, 0.1) is 13.8 Å². The van der Waals surface area contributed by atoms with Gasteiger partial charge in [-0.25, -0.2) is 19.7 Å². The normalized spacial score (nSPS) is 10.1. The van der Waals surface area contributed by atoms with Crippen LogP contribution in [0.15, 0.2) is 24.3 Å². The van der Waals surface area contributed by atoms with Crippen LogP contribution >= 0.6 is 0 Å². The predicted octanol–water partition coefficient (Wildman–Crippen LogP) is 1.61. The van der Waals surface area contributed by atoms with Crippen LogP contribution in [0.4, 0.5) is 4.79 Å². The number of carbonyl (C=O) groups excluding carboxylic acids is 1. The fraction of sp³-hybridized carbons (Fsp3) is 0.167. The highest BCUT2D eigenvalue weighted by Gasteiger charge is 2.05. The molecule has 0 atom stereocenters. The molecule has 0 saturated heterocycles. The lowest BCUT2D eigenvalue weighted by Crippen LogP contribution is -2.16. The van der Waals surface area contributed by atoms with E-state index in [1.807, 2.05) is 13.8 Å². The van der Waals surface area contributed by atoms with E-state index in [4.69, 9.17) is 10.5 Å². The van der Waals surface area contributed by atoms with E-state index in [2.05, 4.69) is 15.0 Å². The van der Waals surface area contributed by atoms with E-state index in [1.165, 1.54) is 0 Å². The maximum atomic E-state index is 10.6. The molecule has 0 spiro atoms. The second-order valence-corrected chi connectivity index (χ2v) is 3.70. The Morgan fingerprint density at radius 3 is 2.11 bits per heavy atom. The first-order valence-electron chi connectivity index (χ1n) is 5.31. The standard InChI is InChI=1S/C12H12N4O2/c1-7-14-8(2)16-11(15-7)9-3-5-10(6-4-9)18-12(13)17/h3-6H,1-2H3,(H2,13,17). The molecule has 0 saturated carbocycles. The smallest absolute Gasteiger partial charge is 0.409 e. The summed E-state index contributed by atoms with van der Waals surface area (Å²) in [7, 11) is 0. The molecular formula is C12H12N4O2. The number of hydrogen-bond donors (Lipinski definition) is 1. The Morgan fingerprint density at radius 1 is 1.06 bits per heavy atom. The molecule has 1 amide bonds. The molecule has 0 aliphatic heterocycles. The van der Waals surface area contributed by atoms with Crippen molar-refractivity contribution in [3.63, 3.8) is 0 Å². The van der Waals surface area contributed by atoms with Crippen LogP contribution in [0.1, 0.15) is 11.6 Å². The number of primary amides is 1. The first-order valence-corrected chi connectivity index (χ1v) is 5.31. The zero-order valence-corrected chi connectivity index (χ0v) is 10.0. The molecule has 1 aromatic heterocycles. The van der Waals surface area contributed by atoms with E-state index in [1.54, 1.807) is 24.3 Å². The zero-order valence-electron chi connectivity index (χ0n) is 10.0. The second kappa shape index (κ2) is 4.79. The summed E-state index contributed by atoms with van der Waals surface area (Å²) in [5.41, 5.74) is 5.74. The Balaban J connectivity index is 2.31. The molecule has 1 aromatic carbocycles. The summed E-state index contributed by atoms with van der Waals surface area (Å²) in [5.74, 6) is 2.30. The highest BCUT2D eigenvalue weighted by atomic mass is 16.5. The quantitative estimate of drug-likeness (QED) is 0.866. The number of hydrogen-bond acceptors (Lipinski definition) is 5. The number of nitrogens with zero attached hydrogens (tertiary/aromatic N) is 3. The van der Waals surface area contributed by atoms with Crippen LogP contribution in [-0.4, -0.2) is 21.0 Å². The van der Waals surface area contributed by atoms with Gasteiger partial charge in [-0.2, -0.15) is 0 Å². The van der Waals surface area contributed by atoms with Crippen LogP contribution in [0.3, 0.4) is 0 Å². The highest BCUT2D eigenvalue weighted by molar-refractivity contribution is 5.68. The van der Waals surface area contributed by atoms with Gasteiger partial charge in [0.05, 0.1) is 0 Å². The summed E-state index contributed by atoms with van der Waals surface area (Å²) >= 11 is 0. The highest BCUT2D eigenvalue weighted by Crippen LogP contribution is 2.19. The topological polar surface area (TPSA) is 91.0 Å². The van der Waals surface area contributed by atoms with Crippen LogP contribution < -0.4 is 10.5 Å². The minimum atomic E-state index is -0.838. The molecule has 0 unspecified atom stereocenters. The minimum Gasteiger partial charge on any atom is -0.411 e. The maximum absolute atomic E-state index is 10.6. The van der Waals surface area contributed by atoms with Gasteiger partial charge in [0.15, 0.2) is 5.82 Å². The Hall–Kier alpha value is -2.50. The largest absolute Gasteiger partial charge is 0.411 e. The number of aryl methyl sites for hydroxylation is 2. The Labute approximate surface area is 104 Å². The molecule has 0 aliphatic rings. The summed E-state index contributed by atoms with van der Waals surface area (Å²) in [6.07, 6.45) is -0.838. The van der Waals surface area contributed by atoms with Crippen molar-refractivity contribution in [3.8, 4) is 17.1 Å². The van der Waals surface area contributed by atoms with Crippen LogP contribution in [-0.2, 0) is 0 Å². The molecular weight excluding hydrogens is 232 g/mol. The molecule has 2 aromatic rings. The van der Waals surface area contributed by atoms with E-state index in [-0.39, 0.29) is 0 Å². The third-order valence-corrected chi connectivity index (χ3v) is 2.19. The summed E-state index contributed by atoms with van der Waals surface area (Å²) < 4.78 is 4.74. The van der Waals surface area contributed by atoms with Gasteiger partial charge in [0.2, 0.25) is 0 Å². The van der Waals surface area contributed by atoms with Gasteiger partial charge in [0, 0.05) is 5.56 Å². The molecule has 0 aliphatic carbocycles. The molecule has 18 heavy (non-hydrogen) atoms. The van der Waals surface area contributed by atoms with E-state index in [0.717, 1.165) is 5.56 Å². The van der Waals surface area contributed by atoms with Crippen molar-refractivity contribution in [2.45, 2.75) is 13.8 Å². The predicted molar refractivity (Wildman–Crippen MR) is 64.9 cm³/mol. The van der Waals surface area contributed by atoms with Gasteiger partial charge < -0.3 is 10.5 Å². The lowest BCUT2D eigenvalue weighted by atomic mass is 10.2. The molecule has 0 fully saturated rings. The van der Waals surface area contributed by atoms with Crippen LogP contribution in [0.25, 0.3) is 11.4 Å². The van der Waals surface area contributed by atoms with E-state index in [0.29, 0.717) is 23.2 Å². The molecule has 92 valence electrons. The number of amides is 1. The number of nitrogens with two attached hydrogens (primary N) is 1. The number of ether oxygens (including phenoxy) is 1. The molecule has 1 heterocycles. The van der Waals surface area contributed by atoms with Crippen molar-refractivity contribution in [2.75, 3.05) is 0 Å². The van der Waals surface area contributed by atoms with Gasteiger partial charge in [-0.05, 0) is 38.1 Å². The van der Waals surface area contributed by atoms with Crippen LogP contribution in [0.2, 0.25) is 0 Å². The zero-order chi connectivity index (χ0) is 13.1. The Bertz CT molecular complexity index is 561. The second-order valence-electron chi connectivity index (χ2n) is 3.70. The van der Waals surface area contributed by atoms with Gasteiger partial charge in [-0.15, -0.1) is 0 Å². The SMILES string of the molecule is Cc1nc(C)nc(-c2ccc(OC(N)=O)cc2)n1. The number of rotatable bonds is 2. The summed E-state index contributed by atoms with van der Waals surface area (Å²) in [6.45, 7) is 3.62. The maximum Gasteiger partial charge on any atom is 0.409 e. The average Bonchev–Trinajstić information content (AvgIpc) is 2.27. The lowest BCUT2D eigenvalue weighted by molar-refractivity contribution is 0.211.